The Morgan fingerprint density at radius 1 is 1.52 bits per heavy atom. The van der Waals surface area contributed by atoms with Crippen LogP contribution in [-0.2, 0) is 10.3 Å². The van der Waals surface area contributed by atoms with E-state index in [1.807, 2.05) is 6.92 Å². The zero-order chi connectivity index (χ0) is 15.3. The third-order valence-electron chi connectivity index (χ3n) is 4.10. The number of nitrogens with one attached hydrogen (secondary N) is 1. The number of aromatic nitrogens is 1. The van der Waals surface area contributed by atoms with Gasteiger partial charge in [-0.15, -0.1) is 11.3 Å². The Hall–Kier alpha value is -0.530. The number of β-amino-alcohol motifs (C(OH)–C–C–N with tert-alkyl or cyclic N) is 1. The van der Waals surface area contributed by atoms with Crippen molar-refractivity contribution in [3.8, 4) is 0 Å². The lowest BCUT2D eigenvalue weighted by molar-refractivity contribution is 0.0134. The van der Waals surface area contributed by atoms with Gasteiger partial charge in [0, 0.05) is 37.3 Å². The number of hydrogen-bond donors (Lipinski definition) is 2. The van der Waals surface area contributed by atoms with Crippen LogP contribution in [0.5, 0.6) is 0 Å². The largest absolute Gasteiger partial charge is 0.390 e. The zero-order valence-electron chi connectivity index (χ0n) is 13.3. The van der Waals surface area contributed by atoms with Gasteiger partial charge in [-0.1, -0.05) is 6.92 Å². The summed E-state index contributed by atoms with van der Waals surface area (Å²) in [5.74, 6) is 0. The minimum atomic E-state index is -0.366. The smallest absolute Gasteiger partial charge is 0.113 e. The number of ether oxygens (including phenoxy) is 1. The van der Waals surface area contributed by atoms with Crippen molar-refractivity contribution in [2.45, 2.75) is 38.8 Å². The molecule has 1 aromatic heterocycles. The van der Waals surface area contributed by atoms with Gasteiger partial charge < -0.3 is 15.2 Å². The molecule has 2 rings (SSSR count). The molecule has 1 aromatic rings. The highest BCUT2D eigenvalue weighted by Crippen LogP contribution is 2.27. The molecule has 0 radical (unpaired) electrons. The minimum Gasteiger partial charge on any atom is -0.390 e. The van der Waals surface area contributed by atoms with Crippen LogP contribution >= 0.6 is 11.3 Å². The lowest BCUT2D eigenvalue weighted by atomic mass is 9.99. The molecule has 120 valence electrons. The summed E-state index contributed by atoms with van der Waals surface area (Å²) in [4.78, 5) is 6.85. The average molecular weight is 313 g/mol. The summed E-state index contributed by atoms with van der Waals surface area (Å²) < 4.78 is 5.33. The van der Waals surface area contributed by atoms with E-state index in [1.54, 1.807) is 11.3 Å². The summed E-state index contributed by atoms with van der Waals surface area (Å²) in [5, 5.41) is 16.9. The number of rotatable bonds is 7. The third-order valence-corrected chi connectivity index (χ3v) is 5.32. The molecule has 1 aliphatic rings. The molecule has 2 heterocycles. The Morgan fingerprint density at radius 2 is 2.24 bits per heavy atom. The van der Waals surface area contributed by atoms with E-state index >= 15 is 0 Å². The maximum absolute atomic E-state index is 10.3. The molecule has 5 nitrogen and oxygen atoms in total. The van der Waals surface area contributed by atoms with E-state index in [-0.39, 0.29) is 11.6 Å². The van der Waals surface area contributed by atoms with Crippen molar-refractivity contribution in [1.29, 1.82) is 0 Å². The molecule has 6 heteroatoms. The molecular formula is C15H27N3O2S. The fourth-order valence-corrected chi connectivity index (χ4v) is 3.46. The van der Waals surface area contributed by atoms with Gasteiger partial charge in [0.05, 0.1) is 24.9 Å². The van der Waals surface area contributed by atoms with E-state index < -0.39 is 0 Å². The van der Waals surface area contributed by atoms with Gasteiger partial charge in [0.25, 0.3) is 0 Å². The Morgan fingerprint density at radius 3 is 2.81 bits per heavy atom. The number of thiazole rings is 1. The second-order valence-corrected chi connectivity index (χ2v) is 6.79. The van der Waals surface area contributed by atoms with Gasteiger partial charge in [-0.2, -0.15) is 0 Å². The minimum absolute atomic E-state index is 0.162. The Kier molecular flexibility index (Phi) is 6.13. The van der Waals surface area contributed by atoms with Crippen LogP contribution in [0.15, 0.2) is 5.38 Å². The molecule has 2 unspecified atom stereocenters. The molecule has 21 heavy (non-hydrogen) atoms. The van der Waals surface area contributed by atoms with Crippen molar-refractivity contribution < 1.29 is 9.84 Å². The van der Waals surface area contributed by atoms with Gasteiger partial charge >= 0.3 is 0 Å². The Labute approximate surface area is 131 Å². The van der Waals surface area contributed by atoms with E-state index in [2.05, 4.69) is 34.4 Å². The van der Waals surface area contributed by atoms with Crippen LogP contribution in [-0.4, -0.2) is 60.5 Å². The summed E-state index contributed by atoms with van der Waals surface area (Å²) in [6, 6.07) is 0. The van der Waals surface area contributed by atoms with Crippen LogP contribution in [0.3, 0.4) is 0 Å². The molecule has 2 N–H and O–H groups in total. The molecule has 0 spiro atoms. The van der Waals surface area contributed by atoms with Gasteiger partial charge in [-0.25, -0.2) is 4.98 Å². The van der Waals surface area contributed by atoms with Crippen molar-refractivity contribution in [3.63, 3.8) is 0 Å². The van der Waals surface area contributed by atoms with E-state index in [0.29, 0.717) is 13.1 Å². The van der Waals surface area contributed by atoms with Crippen LogP contribution in [0.2, 0.25) is 0 Å². The predicted octanol–water partition coefficient (Wildman–Crippen LogP) is 1.36. The molecule has 0 bridgehead atoms. The summed E-state index contributed by atoms with van der Waals surface area (Å²) in [7, 11) is 0. The van der Waals surface area contributed by atoms with E-state index in [9.17, 15) is 5.11 Å². The zero-order valence-corrected chi connectivity index (χ0v) is 14.1. The molecule has 0 aliphatic carbocycles. The molecule has 1 fully saturated rings. The summed E-state index contributed by atoms with van der Waals surface area (Å²) in [6.45, 7) is 11.0. The van der Waals surface area contributed by atoms with E-state index in [4.69, 9.17) is 4.74 Å². The summed E-state index contributed by atoms with van der Waals surface area (Å²) in [6.07, 6.45) is 0.583. The number of nitrogens with zero attached hydrogens (tertiary/aromatic N) is 2. The first kappa shape index (κ1) is 16.8. The van der Waals surface area contributed by atoms with Crippen LogP contribution in [0.4, 0.5) is 0 Å². The maximum Gasteiger partial charge on any atom is 0.113 e. The molecule has 2 atom stereocenters. The first-order chi connectivity index (χ1) is 10.0. The number of morpholine rings is 1. The van der Waals surface area contributed by atoms with Crippen molar-refractivity contribution >= 4 is 11.3 Å². The second-order valence-electron chi connectivity index (χ2n) is 5.93. The summed E-state index contributed by atoms with van der Waals surface area (Å²) in [5.41, 5.74) is 0.899. The van der Waals surface area contributed by atoms with Crippen molar-refractivity contribution in [1.82, 2.24) is 15.2 Å². The predicted molar refractivity (Wildman–Crippen MR) is 85.8 cm³/mol. The molecular weight excluding hydrogens is 286 g/mol. The fraction of sp³-hybridized carbons (Fsp3) is 0.800. The molecule has 0 amide bonds. The SMILES string of the molecule is CCC(C)(NCC(O)CN1CCOCC1)c1nc(C)cs1. The number of hydrogen-bond acceptors (Lipinski definition) is 6. The lowest BCUT2D eigenvalue weighted by Gasteiger charge is -2.32. The topological polar surface area (TPSA) is 57.6 Å². The van der Waals surface area contributed by atoms with Crippen molar-refractivity contribution in [3.05, 3.63) is 16.1 Å². The van der Waals surface area contributed by atoms with Crippen LogP contribution in [0.1, 0.15) is 31.0 Å². The average Bonchev–Trinajstić information content (AvgIpc) is 2.93. The number of aliphatic hydroxyl groups excluding tert-OH is 1. The molecule has 0 saturated carbocycles. The quantitative estimate of drug-likeness (QED) is 0.796. The van der Waals surface area contributed by atoms with Crippen molar-refractivity contribution in [2.75, 3.05) is 39.4 Å². The van der Waals surface area contributed by atoms with Gasteiger partial charge in [0.2, 0.25) is 0 Å². The number of aliphatic hydroxyl groups is 1. The fourth-order valence-electron chi connectivity index (χ4n) is 2.45. The van der Waals surface area contributed by atoms with Gasteiger partial charge in [-0.05, 0) is 20.3 Å². The lowest BCUT2D eigenvalue weighted by Crippen LogP contribution is -2.48. The van der Waals surface area contributed by atoms with Crippen LogP contribution < -0.4 is 5.32 Å². The monoisotopic (exact) mass is 313 g/mol. The van der Waals surface area contributed by atoms with Gasteiger partial charge in [-0.3, -0.25) is 4.90 Å². The number of aryl methyl sites for hydroxylation is 1. The van der Waals surface area contributed by atoms with Crippen LogP contribution in [0, 0.1) is 6.92 Å². The van der Waals surface area contributed by atoms with Gasteiger partial charge in [0.1, 0.15) is 5.01 Å². The summed E-state index contributed by atoms with van der Waals surface area (Å²) >= 11 is 1.69. The standard InChI is InChI=1S/C15H27N3O2S/c1-4-15(3,14-17-12(2)11-21-14)16-9-13(19)10-18-5-7-20-8-6-18/h11,13,16,19H,4-10H2,1-3H3. The molecule has 1 aliphatic heterocycles. The van der Waals surface area contributed by atoms with E-state index in [1.165, 1.54) is 0 Å². The highest BCUT2D eigenvalue weighted by atomic mass is 32.1. The molecule has 0 aromatic carbocycles. The first-order valence-electron chi connectivity index (χ1n) is 7.69. The third kappa shape index (κ3) is 4.72. The van der Waals surface area contributed by atoms with Crippen LogP contribution in [0.25, 0.3) is 0 Å². The Bertz CT molecular complexity index is 434. The van der Waals surface area contributed by atoms with Crippen molar-refractivity contribution in [2.24, 2.45) is 0 Å². The van der Waals surface area contributed by atoms with Gasteiger partial charge in [0.15, 0.2) is 0 Å². The molecule has 1 saturated heterocycles. The normalized spacial score (nSPS) is 21.1. The highest BCUT2D eigenvalue weighted by molar-refractivity contribution is 7.09. The Balaban J connectivity index is 1.84. The highest BCUT2D eigenvalue weighted by Gasteiger charge is 2.28. The second kappa shape index (κ2) is 7.65. The first-order valence-corrected chi connectivity index (χ1v) is 8.57. The van der Waals surface area contributed by atoms with E-state index in [0.717, 1.165) is 43.4 Å². The maximum atomic E-state index is 10.3.